The predicted octanol–water partition coefficient (Wildman–Crippen LogP) is 4.99. The van der Waals surface area contributed by atoms with Gasteiger partial charge in [-0.15, -0.1) is 0 Å². The lowest BCUT2D eigenvalue weighted by Crippen LogP contribution is -2.07. The normalized spacial score (nSPS) is 10.9. The van der Waals surface area contributed by atoms with Crippen LogP contribution in [0.4, 0.5) is 5.69 Å². The van der Waals surface area contributed by atoms with Gasteiger partial charge in [0.25, 0.3) is 0 Å². The molecule has 0 saturated carbocycles. The lowest BCUT2D eigenvalue weighted by molar-refractivity contribution is -0.137. The fourth-order valence-corrected chi connectivity index (χ4v) is 3.41. The quantitative estimate of drug-likeness (QED) is 0.341. The van der Waals surface area contributed by atoms with Crippen molar-refractivity contribution in [2.24, 2.45) is 0 Å². The van der Waals surface area contributed by atoms with E-state index in [1.165, 1.54) is 0 Å². The van der Waals surface area contributed by atoms with E-state index in [9.17, 15) is 4.79 Å². The van der Waals surface area contributed by atoms with Crippen molar-refractivity contribution in [1.82, 2.24) is 9.97 Å². The van der Waals surface area contributed by atoms with E-state index < -0.39 is 5.97 Å². The fourth-order valence-electron chi connectivity index (χ4n) is 3.41. The number of rotatable bonds is 10. The molecule has 0 atom stereocenters. The first-order valence-corrected chi connectivity index (χ1v) is 10.7. The summed E-state index contributed by atoms with van der Waals surface area (Å²) in [5, 5.41) is 8.79. The molecule has 0 aliphatic heterocycles. The summed E-state index contributed by atoms with van der Waals surface area (Å²) >= 11 is 0. The molecule has 0 bridgehead atoms. The summed E-state index contributed by atoms with van der Waals surface area (Å²) in [5.41, 5.74) is 10.4. The molecule has 0 aliphatic carbocycles. The number of aromatic nitrogens is 2. The minimum Gasteiger partial charge on any atom is -0.493 e. The van der Waals surface area contributed by atoms with Crippen LogP contribution in [-0.2, 0) is 11.2 Å². The van der Waals surface area contributed by atoms with E-state index in [0.717, 1.165) is 34.4 Å². The van der Waals surface area contributed by atoms with Crippen LogP contribution in [0.2, 0.25) is 0 Å². The second-order valence-corrected chi connectivity index (χ2v) is 7.70. The van der Waals surface area contributed by atoms with Gasteiger partial charge >= 0.3 is 5.97 Å². The summed E-state index contributed by atoms with van der Waals surface area (Å²) in [6, 6.07) is 11.4. The Hall–Kier alpha value is -3.61. The van der Waals surface area contributed by atoms with Crippen molar-refractivity contribution in [3.63, 3.8) is 0 Å². The number of ether oxygens (including phenoxy) is 2. The maximum Gasteiger partial charge on any atom is 0.303 e. The number of hydrogen-bond donors (Lipinski definition) is 2. The number of carbonyl (C=O) groups is 1. The zero-order chi connectivity index (χ0) is 23.1. The molecule has 0 saturated heterocycles. The Kier molecular flexibility index (Phi) is 7.65. The second kappa shape index (κ2) is 10.6. The fraction of sp³-hybridized carbons (Fsp3) is 0.320. The molecule has 2 aromatic carbocycles. The Morgan fingerprint density at radius 3 is 2.47 bits per heavy atom. The van der Waals surface area contributed by atoms with Crippen LogP contribution in [-0.4, -0.2) is 33.8 Å². The molecular weight excluding hydrogens is 406 g/mol. The summed E-state index contributed by atoms with van der Waals surface area (Å²) in [7, 11) is 0. The van der Waals surface area contributed by atoms with Crippen molar-refractivity contribution in [2.75, 3.05) is 12.3 Å². The van der Waals surface area contributed by atoms with Crippen molar-refractivity contribution < 1.29 is 19.4 Å². The van der Waals surface area contributed by atoms with Gasteiger partial charge in [-0.3, -0.25) is 4.79 Å². The first-order chi connectivity index (χ1) is 15.4. The molecule has 168 valence electrons. The molecule has 3 aromatic rings. The van der Waals surface area contributed by atoms with Gasteiger partial charge in [-0.2, -0.15) is 0 Å². The number of nitrogen functional groups attached to an aromatic ring is 1. The average molecular weight is 436 g/mol. The van der Waals surface area contributed by atoms with Crippen molar-refractivity contribution >= 4 is 11.7 Å². The Bertz CT molecular complexity index is 1070. The summed E-state index contributed by atoms with van der Waals surface area (Å²) in [6.45, 7) is 6.32. The van der Waals surface area contributed by atoms with Gasteiger partial charge in [0.05, 0.1) is 18.4 Å². The van der Waals surface area contributed by atoms with E-state index in [0.29, 0.717) is 30.3 Å². The number of carboxylic acid groups (broad SMARTS) is 1. The largest absolute Gasteiger partial charge is 0.493 e. The van der Waals surface area contributed by atoms with Crippen molar-refractivity contribution in [1.29, 1.82) is 0 Å². The number of anilines is 1. The molecular formula is C25H29N3O4. The minimum absolute atomic E-state index is 0.0448. The molecule has 0 radical (unpaired) electrons. The van der Waals surface area contributed by atoms with Gasteiger partial charge in [0.15, 0.2) is 5.82 Å². The Morgan fingerprint density at radius 2 is 1.84 bits per heavy atom. The molecule has 7 heteroatoms. The third-order valence-corrected chi connectivity index (χ3v) is 4.87. The lowest BCUT2D eigenvalue weighted by Gasteiger charge is -2.15. The maximum absolute atomic E-state index is 10.7. The minimum atomic E-state index is -0.820. The predicted molar refractivity (Wildman–Crippen MR) is 125 cm³/mol. The monoisotopic (exact) mass is 435 g/mol. The van der Waals surface area contributed by atoms with Crippen molar-refractivity contribution in [2.45, 2.75) is 46.1 Å². The standard InChI is InChI=1S/C25H29N3O4/c1-4-19-20(7-5-8-22(19)31-12-6-9-24(29)30)18-14-27-25(28-15-18)17-10-11-23(21(26)13-17)32-16(2)3/h5,7-8,10-11,13-16H,4,6,9,12,26H2,1-3H3,(H,29,30). The topological polar surface area (TPSA) is 108 Å². The molecule has 0 aliphatic rings. The van der Waals surface area contributed by atoms with E-state index in [4.69, 9.17) is 20.3 Å². The Morgan fingerprint density at radius 1 is 1.09 bits per heavy atom. The molecule has 7 nitrogen and oxygen atoms in total. The summed E-state index contributed by atoms with van der Waals surface area (Å²) in [6.07, 6.45) is 4.94. The molecule has 0 amide bonds. The van der Waals surface area contributed by atoms with Gasteiger partial charge < -0.3 is 20.3 Å². The Balaban J connectivity index is 1.80. The summed E-state index contributed by atoms with van der Waals surface area (Å²) in [5.74, 6) is 1.16. The van der Waals surface area contributed by atoms with Crippen LogP contribution in [0.3, 0.4) is 0 Å². The summed E-state index contributed by atoms with van der Waals surface area (Å²) in [4.78, 5) is 19.8. The van der Waals surface area contributed by atoms with Gasteiger partial charge in [-0.1, -0.05) is 19.1 Å². The second-order valence-electron chi connectivity index (χ2n) is 7.70. The highest BCUT2D eigenvalue weighted by molar-refractivity contribution is 5.71. The van der Waals surface area contributed by atoms with E-state index in [-0.39, 0.29) is 12.5 Å². The molecule has 0 unspecified atom stereocenters. The number of benzene rings is 2. The van der Waals surface area contributed by atoms with E-state index in [1.807, 2.05) is 50.2 Å². The van der Waals surface area contributed by atoms with Crippen LogP contribution in [0.15, 0.2) is 48.8 Å². The molecule has 32 heavy (non-hydrogen) atoms. The first kappa shape index (κ1) is 23.1. The van der Waals surface area contributed by atoms with E-state index in [1.54, 1.807) is 12.4 Å². The highest BCUT2D eigenvalue weighted by Crippen LogP contribution is 2.32. The SMILES string of the molecule is CCc1c(OCCCC(=O)O)cccc1-c1cnc(-c2ccc(OC(C)C)c(N)c2)nc1. The third kappa shape index (κ3) is 5.75. The van der Waals surface area contributed by atoms with Crippen LogP contribution in [0, 0.1) is 0 Å². The van der Waals surface area contributed by atoms with Crippen LogP contribution >= 0.6 is 0 Å². The molecule has 1 aromatic heterocycles. The van der Waals surface area contributed by atoms with E-state index in [2.05, 4.69) is 16.9 Å². The van der Waals surface area contributed by atoms with Gasteiger partial charge in [0.2, 0.25) is 0 Å². The molecule has 1 heterocycles. The number of nitrogens with zero attached hydrogens (tertiary/aromatic N) is 2. The van der Waals surface area contributed by atoms with Crippen LogP contribution < -0.4 is 15.2 Å². The zero-order valence-corrected chi connectivity index (χ0v) is 18.7. The van der Waals surface area contributed by atoms with Gasteiger partial charge in [0.1, 0.15) is 11.5 Å². The van der Waals surface area contributed by atoms with Crippen LogP contribution in [0.5, 0.6) is 11.5 Å². The number of nitrogens with two attached hydrogens (primary N) is 1. The third-order valence-electron chi connectivity index (χ3n) is 4.87. The Labute approximate surface area is 188 Å². The first-order valence-electron chi connectivity index (χ1n) is 10.7. The highest BCUT2D eigenvalue weighted by atomic mass is 16.5. The summed E-state index contributed by atoms with van der Waals surface area (Å²) < 4.78 is 11.5. The highest BCUT2D eigenvalue weighted by Gasteiger charge is 2.12. The van der Waals surface area contributed by atoms with Gasteiger partial charge in [0, 0.05) is 35.5 Å². The van der Waals surface area contributed by atoms with Crippen molar-refractivity contribution in [3.05, 3.63) is 54.4 Å². The number of aliphatic carboxylic acids is 1. The van der Waals surface area contributed by atoms with Crippen LogP contribution in [0.25, 0.3) is 22.5 Å². The average Bonchev–Trinajstić information content (AvgIpc) is 2.77. The van der Waals surface area contributed by atoms with Crippen LogP contribution in [0.1, 0.15) is 39.2 Å². The molecule has 3 rings (SSSR count). The zero-order valence-electron chi connectivity index (χ0n) is 18.7. The number of carboxylic acids is 1. The molecule has 3 N–H and O–H groups in total. The molecule has 0 spiro atoms. The molecule has 0 fully saturated rings. The lowest BCUT2D eigenvalue weighted by atomic mass is 9.99. The number of hydrogen-bond acceptors (Lipinski definition) is 6. The van der Waals surface area contributed by atoms with Gasteiger partial charge in [-0.05, 0) is 56.5 Å². The smallest absolute Gasteiger partial charge is 0.303 e. The van der Waals surface area contributed by atoms with Gasteiger partial charge in [-0.25, -0.2) is 9.97 Å². The maximum atomic E-state index is 10.7. The van der Waals surface area contributed by atoms with Crippen molar-refractivity contribution in [3.8, 4) is 34.0 Å². The van der Waals surface area contributed by atoms with E-state index >= 15 is 0 Å².